The molecule has 0 aliphatic carbocycles. The van der Waals surface area contributed by atoms with Crippen LogP contribution >= 0.6 is 24.0 Å². The zero-order valence-corrected chi connectivity index (χ0v) is 18.5. The van der Waals surface area contributed by atoms with E-state index >= 15 is 0 Å². The Balaban J connectivity index is 0.00000364. The van der Waals surface area contributed by atoms with Crippen molar-refractivity contribution in [2.45, 2.75) is 33.2 Å². The number of nitrogens with one attached hydrogen (secondary N) is 2. The number of unbranched alkanes of at least 4 members (excludes halogenated alkanes) is 1. The molecule has 2 rings (SSSR count). The van der Waals surface area contributed by atoms with E-state index in [0.29, 0.717) is 12.4 Å². The van der Waals surface area contributed by atoms with E-state index in [4.69, 9.17) is 9.47 Å². The van der Waals surface area contributed by atoms with Gasteiger partial charge in [-0.05, 0) is 38.8 Å². The van der Waals surface area contributed by atoms with Crippen LogP contribution in [0.1, 0.15) is 26.7 Å². The number of hydrogen-bond donors (Lipinski definition) is 2. The lowest BCUT2D eigenvalue weighted by Crippen LogP contribution is -2.30. The quantitative estimate of drug-likeness (QED) is 0.231. The lowest BCUT2D eigenvalue weighted by molar-refractivity contribution is 0.311. The predicted molar refractivity (Wildman–Crippen MR) is 118 cm³/mol. The largest absolute Gasteiger partial charge is 0.493 e. The molecule has 1 heterocycles. The maximum Gasteiger partial charge on any atom is 0.195 e. The molecule has 0 unspecified atom stereocenters. The van der Waals surface area contributed by atoms with E-state index in [1.54, 1.807) is 19.8 Å². The highest BCUT2D eigenvalue weighted by atomic mass is 127. The zero-order chi connectivity index (χ0) is 18.6. The lowest BCUT2D eigenvalue weighted by atomic mass is 10.2. The van der Waals surface area contributed by atoms with Gasteiger partial charge in [-0.2, -0.15) is 0 Å². The molecule has 0 saturated heterocycles. The summed E-state index contributed by atoms with van der Waals surface area (Å²) in [7, 11) is 1.64. The van der Waals surface area contributed by atoms with Gasteiger partial charge in [-0.25, -0.2) is 0 Å². The number of anilines is 1. The molecule has 0 amide bonds. The third kappa shape index (κ3) is 8.02. The van der Waals surface area contributed by atoms with Crippen molar-refractivity contribution in [2.75, 3.05) is 32.1 Å². The van der Waals surface area contributed by atoms with Crippen LogP contribution in [-0.2, 0) is 6.54 Å². The van der Waals surface area contributed by atoms with Gasteiger partial charge in [-0.1, -0.05) is 0 Å². The number of hydrogen-bond acceptors (Lipinski definition) is 5. The Hall–Kier alpha value is -2.04. The summed E-state index contributed by atoms with van der Waals surface area (Å²) in [5.74, 6) is 2.18. The standard InChI is InChI=1S/C18H28N6O2.HI/c1-4-19-18(20-10-6-7-11-24-13-21-22-14-24)23-15-8-9-16(26-5-2)17(12-15)25-3;/h8-9,12-14H,4-7,10-11H2,1-3H3,(H2,19,20,23);1H. The molecule has 27 heavy (non-hydrogen) atoms. The number of nitrogens with zero attached hydrogens (tertiary/aromatic N) is 4. The molecule has 0 saturated carbocycles. The molecule has 8 nitrogen and oxygen atoms in total. The Labute approximate surface area is 177 Å². The second kappa shape index (κ2) is 13.2. The smallest absolute Gasteiger partial charge is 0.195 e. The summed E-state index contributed by atoms with van der Waals surface area (Å²) >= 11 is 0. The van der Waals surface area contributed by atoms with E-state index in [-0.39, 0.29) is 24.0 Å². The van der Waals surface area contributed by atoms with Crippen molar-refractivity contribution in [1.82, 2.24) is 20.1 Å². The lowest BCUT2D eigenvalue weighted by Gasteiger charge is -2.14. The van der Waals surface area contributed by atoms with Crippen LogP contribution < -0.4 is 20.1 Å². The molecule has 0 radical (unpaired) electrons. The second-order valence-corrected chi connectivity index (χ2v) is 5.59. The summed E-state index contributed by atoms with van der Waals surface area (Å²) in [5, 5.41) is 14.2. The van der Waals surface area contributed by atoms with E-state index < -0.39 is 0 Å². The average molecular weight is 488 g/mol. The van der Waals surface area contributed by atoms with Gasteiger partial charge >= 0.3 is 0 Å². The molecular weight excluding hydrogens is 459 g/mol. The normalized spacial score (nSPS) is 10.9. The predicted octanol–water partition coefficient (Wildman–Crippen LogP) is 3.16. The van der Waals surface area contributed by atoms with Crippen LogP contribution in [0.25, 0.3) is 0 Å². The minimum absolute atomic E-state index is 0. The fourth-order valence-electron chi connectivity index (χ4n) is 2.40. The molecule has 1 aromatic heterocycles. The Morgan fingerprint density at radius 2 is 1.93 bits per heavy atom. The summed E-state index contributed by atoms with van der Waals surface area (Å²) in [6.45, 7) is 7.03. The maximum atomic E-state index is 5.55. The number of halogens is 1. The first-order valence-electron chi connectivity index (χ1n) is 8.95. The highest BCUT2D eigenvalue weighted by Gasteiger charge is 2.06. The van der Waals surface area contributed by atoms with Gasteiger partial charge in [0.25, 0.3) is 0 Å². The van der Waals surface area contributed by atoms with Gasteiger partial charge in [0.1, 0.15) is 12.7 Å². The number of aromatic nitrogens is 3. The number of benzene rings is 1. The van der Waals surface area contributed by atoms with E-state index in [1.165, 1.54) is 0 Å². The third-order valence-corrected chi connectivity index (χ3v) is 3.63. The first-order chi connectivity index (χ1) is 12.8. The molecule has 0 aliphatic heterocycles. The highest BCUT2D eigenvalue weighted by Crippen LogP contribution is 2.30. The fraction of sp³-hybridized carbons (Fsp3) is 0.500. The first kappa shape index (κ1) is 23.0. The number of aryl methyl sites for hydroxylation is 1. The van der Waals surface area contributed by atoms with Crippen LogP contribution in [0.3, 0.4) is 0 Å². The second-order valence-electron chi connectivity index (χ2n) is 5.59. The van der Waals surface area contributed by atoms with Crippen LogP contribution in [-0.4, -0.2) is 47.5 Å². The summed E-state index contributed by atoms with van der Waals surface area (Å²) < 4.78 is 12.9. The van der Waals surface area contributed by atoms with Crippen molar-refractivity contribution < 1.29 is 9.47 Å². The van der Waals surface area contributed by atoms with Crippen LogP contribution in [0, 0.1) is 0 Å². The Morgan fingerprint density at radius 1 is 1.15 bits per heavy atom. The highest BCUT2D eigenvalue weighted by molar-refractivity contribution is 14.0. The number of aliphatic imine (C=N–C) groups is 1. The summed E-state index contributed by atoms with van der Waals surface area (Å²) in [4.78, 5) is 4.62. The summed E-state index contributed by atoms with van der Waals surface area (Å²) in [5.41, 5.74) is 0.898. The van der Waals surface area contributed by atoms with Crippen LogP contribution in [0.4, 0.5) is 5.69 Å². The SMILES string of the molecule is CCNC(=NCCCCn1cnnc1)Nc1ccc(OCC)c(OC)c1.I. The van der Waals surface area contributed by atoms with Gasteiger partial charge in [0.2, 0.25) is 0 Å². The molecule has 0 aliphatic rings. The number of guanidine groups is 1. The molecule has 9 heteroatoms. The number of rotatable bonds is 10. The van der Waals surface area contributed by atoms with E-state index in [1.807, 2.05) is 36.6 Å². The van der Waals surface area contributed by atoms with Gasteiger partial charge in [0.05, 0.1) is 13.7 Å². The third-order valence-electron chi connectivity index (χ3n) is 3.63. The van der Waals surface area contributed by atoms with E-state index in [2.05, 4.69) is 25.8 Å². The van der Waals surface area contributed by atoms with Gasteiger partial charge in [0.15, 0.2) is 17.5 Å². The van der Waals surface area contributed by atoms with E-state index in [0.717, 1.165) is 49.9 Å². The summed E-state index contributed by atoms with van der Waals surface area (Å²) in [6, 6.07) is 5.75. The van der Waals surface area contributed by atoms with Gasteiger partial charge in [-0.15, -0.1) is 34.2 Å². The molecule has 0 bridgehead atoms. The molecule has 1 aromatic carbocycles. The molecular formula is C18H29IN6O2. The zero-order valence-electron chi connectivity index (χ0n) is 16.1. The van der Waals surface area contributed by atoms with Crippen molar-refractivity contribution in [3.63, 3.8) is 0 Å². The van der Waals surface area contributed by atoms with Crippen LogP contribution in [0.5, 0.6) is 11.5 Å². The molecule has 0 atom stereocenters. The topological polar surface area (TPSA) is 85.6 Å². The fourth-order valence-corrected chi connectivity index (χ4v) is 2.40. The average Bonchev–Trinajstić information content (AvgIpc) is 3.16. The van der Waals surface area contributed by atoms with Gasteiger partial charge in [0, 0.05) is 31.4 Å². The summed E-state index contributed by atoms with van der Waals surface area (Å²) in [6.07, 6.45) is 5.47. The van der Waals surface area contributed by atoms with Crippen molar-refractivity contribution >= 4 is 35.6 Å². The molecule has 0 fully saturated rings. The number of ether oxygens (including phenoxy) is 2. The Bertz CT molecular complexity index is 678. The maximum absolute atomic E-state index is 5.55. The van der Waals surface area contributed by atoms with Crippen LogP contribution in [0.15, 0.2) is 35.8 Å². The Morgan fingerprint density at radius 3 is 2.59 bits per heavy atom. The van der Waals surface area contributed by atoms with Crippen molar-refractivity contribution in [2.24, 2.45) is 4.99 Å². The Kier molecular flexibility index (Phi) is 11.2. The minimum Gasteiger partial charge on any atom is -0.493 e. The van der Waals surface area contributed by atoms with Crippen molar-refractivity contribution in [1.29, 1.82) is 0 Å². The first-order valence-corrected chi connectivity index (χ1v) is 8.95. The van der Waals surface area contributed by atoms with Gasteiger partial charge < -0.3 is 24.7 Å². The molecule has 2 N–H and O–H groups in total. The molecule has 150 valence electrons. The minimum atomic E-state index is 0. The van der Waals surface area contributed by atoms with Gasteiger partial charge in [-0.3, -0.25) is 4.99 Å². The van der Waals surface area contributed by atoms with Crippen molar-refractivity contribution in [3.05, 3.63) is 30.9 Å². The monoisotopic (exact) mass is 488 g/mol. The van der Waals surface area contributed by atoms with E-state index in [9.17, 15) is 0 Å². The number of methoxy groups -OCH3 is 1. The molecule has 2 aromatic rings. The molecule has 0 spiro atoms. The van der Waals surface area contributed by atoms with Crippen molar-refractivity contribution in [3.8, 4) is 11.5 Å². The van der Waals surface area contributed by atoms with Crippen LogP contribution in [0.2, 0.25) is 0 Å².